The minimum atomic E-state index is -0.741. The van der Waals surface area contributed by atoms with Gasteiger partial charge < -0.3 is 16.2 Å². The first kappa shape index (κ1) is 14.3. The van der Waals surface area contributed by atoms with E-state index >= 15 is 0 Å². The summed E-state index contributed by atoms with van der Waals surface area (Å²) in [4.78, 5) is 23.2. The van der Waals surface area contributed by atoms with Gasteiger partial charge in [0.15, 0.2) is 0 Å². The quantitative estimate of drug-likeness (QED) is 0.712. The fourth-order valence-corrected chi connectivity index (χ4v) is 3.48. The molecule has 0 spiro atoms. The molecular weight excluding hydrogens is 244 g/mol. The SMILES string of the molecule is NCC1CCCCC1C(=O)N[C@H]1CC[C@@H](C(=O)O)C1. The number of rotatable bonds is 4. The number of nitrogens with two attached hydrogens (primary N) is 1. The number of aliphatic carboxylic acids is 1. The summed E-state index contributed by atoms with van der Waals surface area (Å²) in [5, 5.41) is 12.0. The van der Waals surface area contributed by atoms with Crippen LogP contribution < -0.4 is 11.1 Å². The van der Waals surface area contributed by atoms with E-state index in [4.69, 9.17) is 10.8 Å². The molecule has 0 heterocycles. The first-order valence-electron chi connectivity index (χ1n) is 7.35. The molecule has 4 atom stereocenters. The summed E-state index contributed by atoms with van der Waals surface area (Å²) in [6.45, 7) is 0.570. The lowest BCUT2D eigenvalue weighted by Gasteiger charge is -2.30. The van der Waals surface area contributed by atoms with Gasteiger partial charge in [0.05, 0.1) is 5.92 Å². The van der Waals surface area contributed by atoms with Crippen molar-refractivity contribution in [1.29, 1.82) is 0 Å². The highest BCUT2D eigenvalue weighted by atomic mass is 16.4. The van der Waals surface area contributed by atoms with E-state index in [-0.39, 0.29) is 23.8 Å². The van der Waals surface area contributed by atoms with Crippen molar-refractivity contribution in [2.45, 2.75) is 51.0 Å². The molecule has 0 aromatic heterocycles. The van der Waals surface area contributed by atoms with Gasteiger partial charge in [0.2, 0.25) is 5.91 Å². The van der Waals surface area contributed by atoms with Crippen LogP contribution in [0.25, 0.3) is 0 Å². The molecule has 108 valence electrons. The molecule has 0 aromatic rings. The van der Waals surface area contributed by atoms with E-state index in [1.165, 1.54) is 0 Å². The summed E-state index contributed by atoms with van der Waals surface area (Å²) in [6, 6.07) is 0.0361. The molecule has 0 aromatic carbocycles. The van der Waals surface area contributed by atoms with Crippen molar-refractivity contribution in [3.8, 4) is 0 Å². The van der Waals surface area contributed by atoms with Crippen molar-refractivity contribution >= 4 is 11.9 Å². The molecule has 5 nitrogen and oxygen atoms in total. The van der Waals surface area contributed by atoms with Crippen molar-refractivity contribution in [3.63, 3.8) is 0 Å². The molecule has 0 aliphatic heterocycles. The van der Waals surface area contributed by atoms with Crippen LogP contribution in [0.4, 0.5) is 0 Å². The van der Waals surface area contributed by atoms with Gasteiger partial charge in [0.1, 0.15) is 0 Å². The molecule has 2 rings (SSSR count). The summed E-state index contributed by atoms with van der Waals surface area (Å²) >= 11 is 0. The van der Waals surface area contributed by atoms with Crippen LogP contribution in [0.5, 0.6) is 0 Å². The van der Waals surface area contributed by atoms with Crippen LogP contribution in [0.3, 0.4) is 0 Å². The van der Waals surface area contributed by atoms with Crippen LogP contribution in [0.1, 0.15) is 44.9 Å². The Balaban J connectivity index is 1.85. The number of amides is 1. The fraction of sp³-hybridized carbons (Fsp3) is 0.857. The van der Waals surface area contributed by atoms with Crippen molar-refractivity contribution < 1.29 is 14.7 Å². The third-order valence-electron chi connectivity index (χ3n) is 4.68. The topological polar surface area (TPSA) is 92.4 Å². The maximum Gasteiger partial charge on any atom is 0.306 e. The maximum absolute atomic E-state index is 12.3. The molecule has 1 amide bonds. The van der Waals surface area contributed by atoms with Gasteiger partial charge in [-0.05, 0) is 44.6 Å². The molecule has 2 unspecified atom stereocenters. The van der Waals surface area contributed by atoms with Gasteiger partial charge in [-0.15, -0.1) is 0 Å². The highest BCUT2D eigenvalue weighted by Gasteiger charge is 2.34. The molecule has 0 saturated heterocycles. The van der Waals surface area contributed by atoms with E-state index in [0.717, 1.165) is 32.1 Å². The molecule has 2 aliphatic rings. The monoisotopic (exact) mass is 268 g/mol. The van der Waals surface area contributed by atoms with E-state index in [0.29, 0.717) is 25.3 Å². The van der Waals surface area contributed by atoms with Crippen LogP contribution in [-0.4, -0.2) is 29.6 Å². The minimum Gasteiger partial charge on any atom is -0.481 e. The van der Waals surface area contributed by atoms with Gasteiger partial charge >= 0.3 is 5.97 Å². The molecular formula is C14H24N2O3. The zero-order valence-corrected chi connectivity index (χ0v) is 11.3. The average Bonchev–Trinajstić information content (AvgIpc) is 2.87. The van der Waals surface area contributed by atoms with E-state index in [9.17, 15) is 9.59 Å². The lowest BCUT2D eigenvalue weighted by Crippen LogP contribution is -2.43. The van der Waals surface area contributed by atoms with Crippen LogP contribution in [0.2, 0.25) is 0 Å². The Morgan fingerprint density at radius 2 is 1.89 bits per heavy atom. The molecule has 5 heteroatoms. The molecule has 2 saturated carbocycles. The Bertz CT molecular complexity index is 346. The van der Waals surface area contributed by atoms with Crippen molar-refractivity contribution in [3.05, 3.63) is 0 Å². The van der Waals surface area contributed by atoms with Crippen molar-refractivity contribution in [2.75, 3.05) is 6.54 Å². The van der Waals surface area contributed by atoms with Crippen LogP contribution in [0.15, 0.2) is 0 Å². The van der Waals surface area contributed by atoms with Gasteiger partial charge in [-0.25, -0.2) is 0 Å². The zero-order valence-electron chi connectivity index (χ0n) is 11.3. The molecule has 2 fully saturated rings. The van der Waals surface area contributed by atoms with Crippen LogP contribution >= 0.6 is 0 Å². The Kier molecular flexibility index (Phi) is 4.80. The Hall–Kier alpha value is -1.10. The van der Waals surface area contributed by atoms with Crippen LogP contribution in [0, 0.1) is 17.8 Å². The number of carboxylic acids is 1. The summed E-state index contributed by atoms with van der Waals surface area (Å²) in [5.41, 5.74) is 5.74. The Morgan fingerprint density at radius 3 is 2.53 bits per heavy atom. The van der Waals surface area contributed by atoms with Gasteiger partial charge in [0, 0.05) is 12.0 Å². The van der Waals surface area contributed by atoms with Gasteiger partial charge in [0.25, 0.3) is 0 Å². The maximum atomic E-state index is 12.3. The Morgan fingerprint density at radius 1 is 1.16 bits per heavy atom. The summed E-state index contributed by atoms with van der Waals surface area (Å²) < 4.78 is 0. The highest BCUT2D eigenvalue weighted by Crippen LogP contribution is 2.31. The van der Waals surface area contributed by atoms with E-state index in [2.05, 4.69) is 5.32 Å². The zero-order chi connectivity index (χ0) is 13.8. The predicted octanol–water partition coefficient (Wildman–Crippen LogP) is 1.12. The largest absolute Gasteiger partial charge is 0.481 e. The molecule has 0 radical (unpaired) electrons. The number of hydrogen-bond donors (Lipinski definition) is 3. The van der Waals surface area contributed by atoms with E-state index < -0.39 is 5.97 Å². The highest BCUT2D eigenvalue weighted by molar-refractivity contribution is 5.79. The van der Waals surface area contributed by atoms with E-state index in [1.54, 1.807) is 0 Å². The molecule has 4 N–H and O–H groups in total. The molecule has 0 bridgehead atoms. The minimum absolute atomic E-state index is 0.0302. The smallest absolute Gasteiger partial charge is 0.306 e. The lowest BCUT2D eigenvalue weighted by atomic mass is 9.78. The average molecular weight is 268 g/mol. The lowest BCUT2D eigenvalue weighted by molar-refractivity contribution is -0.141. The third-order valence-corrected chi connectivity index (χ3v) is 4.68. The van der Waals surface area contributed by atoms with Gasteiger partial charge in [-0.1, -0.05) is 12.8 Å². The normalized spacial score (nSPS) is 35.0. The summed E-state index contributed by atoms with van der Waals surface area (Å²) in [6.07, 6.45) is 6.24. The number of carbonyl (C=O) groups excluding carboxylic acids is 1. The van der Waals surface area contributed by atoms with E-state index in [1.807, 2.05) is 0 Å². The number of nitrogens with one attached hydrogen (secondary N) is 1. The summed E-state index contributed by atoms with van der Waals surface area (Å²) in [5.74, 6) is -0.615. The predicted molar refractivity (Wildman–Crippen MR) is 71.4 cm³/mol. The second-order valence-corrected chi connectivity index (χ2v) is 5.94. The third kappa shape index (κ3) is 3.47. The number of carbonyl (C=O) groups is 2. The standard InChI is InChI=1S/C14H24N2O3/c15-8-10-3-1-2-4-12(10)13(17)16-11-6-5-9(7-11)14(18)19/h9-12H,1-8,15H2,(H,16,17)(H,18,19)/t9-,10?,11+,12?/m1/s1. The van der Waals surface area contributed by atoms with Crippen LogP contribution in [-0.2, 0) is 9.59 Å². The van der Waals surface area contributed by atoms with Crippen molar-refractivity contribution in [2.24, 2.45) is 23.5 Å². The first-order valence-corrected chi connectivity index (χ1v) is 7.35. The summed E-state index contributed by atoms with van der Waals surface area (Å²) in [7, 11) is 0. The second-order valence-electron chi connectivity index (χ2n) is 5.94. The number of carboxylic acid groups (broad SMARTS) is 1. The Labute approximate surface area is 113 Å². The first-order chi connectivity index (χ1) is 9.11. The molecule has 19 heavy (non-hydrogen) atoms. The van der Waals surface area contributed by atoms with Gasteiger partial charge in [-0.2, -0.15) is 0 Å². The van der Waals surface area contributed by atoms with Crippen molar-refractivity contribution in [1.82, 2.24) is 5.32 Å². The second kappa shape index (κ2) is 6.37. The molecule has 2 aliphatic carbocycles. The fourth-order valence-electron chi connectivity index (χ4n) is 3.48. The van der Waals surface area contributed by atoms with Gasteiger partial charge in [-0.3, -0.25) is 9.59 Å². The number of hydrogen-bond acceptors (Lipinski definition) is 3.